The second-order valence-electron chi connectivity index (χ2n) is 6.21. The molecule has 3 aromatic rings. The van der Waals surface area contributed by atoms with Crippen molar-refractivity contribution >= 4 is 34.1 Å². The van der Waals surface area contributed by atoms with Crippen molar-refractivity contribution in [2.75, 3.05) is 37.6 Å². The minimum atomic E-state index is 0.0126. The number of nitrogens with one attached hydrogen (secondary N) is 1. The molecular formula is C19H21N5OS. The lowest BCUT2D eigenvalue weighted by atomic mass is 10.2. The zero-order chi connectivity index (χ0) is 17.9. The van der Waals surface area contributed by atoms with Crippen molar-refractivity contribution in [2.24, 2.45) is 0 Å². The van der Waals surface area contributed by atoms with Crippen molar-refractivity contribution in [1.82, 2.24) is 20.2 Å². The van der Waals surface area contributed by atoms with Crippen LogP contribution in [0.5, 0.6) is 0 Å². The highest BCUT2D eigenvalue weighted by Crippen LogP contribution is 2.29. The molecule has 1 aliphatic heterocycles. The Morgan fingerprint density at radius 1 is 1.15 bits per heavy atom. The molecule has 1 N–H and O–H groups in total. The molecule has 0 bridgehead atoms. The Kier molecular flexibility index (Phi) is 4.71. The Morgan fingerprint density at radius 2 is 1.96 bits per heavy atom. The Bertz CT molecular complexity index is 903. The van der Waals surface area contributed by atoms with E-state index in [0.717, 1.165) is 41.2 Å². The van der Waals surface area contributed by atoms with Crippen molar-refractivity contribution in [1.29, 1.82) is 0 Å². The van der Waals surface area contributed by atoms with Crippen LogP contribution in [0.25, 0.3) is 22.3 Å². The summed E-state index contributed by atoms with van der Waals surface area (Å²) in [5.41, 5.74) is 1.99. The molecule has 6 nitrogen and oxygen atoms in total. The van der Waals surface area contributed by atoms with Crippen LogP contribution in [-0.2, 0) is 0 Å². The predicted octanol–water partition coefficient (Wildman–Crippen LogP) is 3.21. The molecule has 0 aliphatic carbocycles. The third-order valence-corrected chi connectivity index (χ3v) is 5.24. The van der Waals surface area contributed by atoms with Crippen LogP contribution in [-0.4, -0.2) is 53.6 Å². The van der Waals surface area contributed by atoms with E-state index in [1.165, 1.54) is 0 Å². The number of piperazine rings is 1. The summed E-state index contributed by atoms with van der Waals surface area (Å²) >= 11 is 1.64. The highest BCUT2D eigenvalue weighted by Gasteiger charge is 2.23. The Hall–Kier alpha value is -2.67. The molecule has 1 fully saturated rings. The topological polar surface area (TPSA) is 61.4 Å². The summed E-state index contributed by atoms with van der Waals surface area (Å²) in [5.74, 6) is 1.71. The Morgan fingerprint density at radius 3 is 2.69 bits per heavy atom. The molecule has 2 aromatic heterocycles. The first-order valence-corrected chi connectivity index (χ1v) is 9.77. The third kappa shape index (κ3) is 3.22. The number of hydrogen-bond donors (Lipinski definition) is 1. The van der Waals surface area contributed by atoms with Crippen LogP contribution < -0.4 is 10.2 Å². The SMILES string of the molecule is CCNC(=O)N1CCN(c2nc(-c3ccsc3)nc3ccccc23)CC1. The molecule has 1 aromatic carbocycles. The lowest BCUT2D eigenvalue weighted by molar-refractivity contribution is 0.195. The number of nitrogens with zero attached hydrogens (tertiary/aromatic N) is 4. The number of thiophene rings is 1. The first-order valence-electron chi connectivity index (χ1n) is 8.83. The van der Waals surface area contributed by atoms with Crippen LogP contribution in [0.15, 0.2) is 41.1 Å². The van der Waals surface area contributed by atoms with Gasteiger partial charge in [-0.25, -0.2) is 14.8 Å². The van der Waals surface area contributed by atoms with E-state index < -0.39 is 0 Å². The van der Waals surface area contributed by atoms with E-state index in [9.17, 15) is 4.79 Å². The highest BCUT2D eigenvalue weighted by atomic mass is 32.1. The molecule has 26 heavy (non-hydrogen) atoms. The van der Waals surface area contributed by atoms with Gasteiger partial charge in [0.2, 0.25) is 0 Å². The van der Waals surface area contributed by atoms with E-state index in [-0.39, 0.29) is 6.03 Å². The minimum Gasteiger partial charge on any atom is -0.352 e. The van der Waals surface area contributed by atoms with Gasteiger partial charge in [-0.2, -0.15) is 11.3 Å². The molecule has 3 heterocycles. The van der Waals surface area contributed by atoms with Crippen molar-refractivity contribution in [3.63, 3.8) is 0 Å². The molecule has 0 radical (unpaired) electrons. The molecule has 0 atom stereocenters. The Labute approximate surface area is 156 Å². The summed E-state index contributed by atoms with van der Waals surface area (Å²) in [6, 6.07) is 10.2. The molecular weight excluding hydrogens is 346 g/mol. The maximum absolute atomic E-state index is 12.0. The van der Waals surface area contributed by atoms with Gasteiger partial charge in [0.25, 0.3) is 0 Å². The van der Waals surface area contributed by atoms with Gasteiger partial charge in [-0.1, -0.05) is 12.1 Å². The maximum atomic E-state index is 12.0. The number of rotatable bonds is 3. The summed E-state index contributed by atoms with van der Waals surface area (Å²) in [6.45, 7) is 5.51. The smallest absolute Gasteiger partial charge is 0.317 e. The number of para-hydroxylation sites is 1. The largest absolute Gasteiger partial charge is 0.352 e. The van der Waals surface area contributed by atoms with Crippen LogP contribution in [0, 0.1) is 0 Å². The molecule has 4 rings (SSSR count). The number of anilines is 1. The normalized spacial score (nSPS) is 14.7. The molecule has 2 amide bonds. The molecule has 134 valence electrons. The standard InChI is InChI=1S/C19H21N5OS/c1-2-20-19(25)24-10-8-23(9-11-24)18-15-5-3-4-6-16(15)21-17(22-18)14-7-12-26-13-14/h3-7,12-13H,2,8-11H2,1H3,(H,20,25). The number of fused-ring (bicyclic) bond motifs is 1. The number of carbonyl (C=O) groups is 1. The summed E-state index contributed by atoms with van der Waals surface area (Å²) in [4.78, 5) is 25.8. The highest BCUT2D eigenvalue weighted by molar-refractivity contribution is 7.08. The molecule has 1 saturated heterocycles. The summed E-state index contributed by atoms with van der Waals surface area (Å²) in [7, 11) is 0. The predicted molar refractivity (Wildman–Crippen MR) is 106 cm³/mol. The van der Waals surface area contributed by atoms with E-state index in [1.54, 1.807) is 11.3 Å². The van der Waals surface area contributed by atoms with Gasteiger partial charge in [0, 0.05) is 49.1 Å². The van der Waals surface area contributed by atoms with Crippen molar-refractivity contribution in [3.8, 4) is 11.4 Å². The minimum absolute atomic E-state index is 0.0126. The van der Waals surface area contributed by atoms with Gasteiger partial charge >= 0.3 is 6.03 Å². The number of benzene rings is 1. The van der Waals surface area contributed by atoms with Crippen molar-refractivity contribution in [3.05, 3.63) is 41.1 Å². The molecule has 0 spiro atoms. The fraction of sp³-hybridized carbons (Fsp3) is 0.316. The van der Waals surface area contributed by atoms with E-state index >= 15 is 0 Å². The van der Waals surface area contributed by atoms with Gasteiger partial charge in [0.05, 0.1) is 5.52 Å². The van der Waals surface area contributed by atoms with Gasteiger partial charge in [-0.15, -0.1) is 0 Å². The summed E-state index contributed by atoms with van der Waals surface area (Å²) in [5, 5.41) is 8.04. The van der Waals surface area contributed by atoms with Crippen LogP contribution in [0.4, 0.5) is 10.6 Å². The average Bonchev–Trinajstić information content (AvgIpc) is 3.22. The second-order valence-corrected chi connectivity index (χ2v) is 6.99. The average molecular weight is 367 g/mol. The van der Waals surface area contributed by atoms with Gasteiger partial charge in [0.1, 0.15) is 5.82 Å². The molecule has 0 unspecified atom stereocenters. The molecule has 0 saturated carbocycles. The Balaban J connectivity index is 1.65. The zero-order valence-electron chi connectivity index (χ0n) is 14.7. The van der Waals surface area contributed by atoms with Gasteiger partial charge in [-0.3, -0.25) is 0 Å². The van der Waals surface area contributed by atoms with Crippen LogP contribution in [0.3, 0.4) is 0 Å². The lowest BCUT2D eigenvalue weighted by Gasteiger charge is -2.35. The fourth-order valence-corrected chi connectivity index (χ4v) is 3.84. The van der Waals surface area contributed by atoms with E-state index in [1.807, 2.05) is 41.5 Å². The number of carbonyl (C=O) groups excluding carboxylic acids is 1. The monoisotopic (exact) mass is 367 g/mol. The maximum Gasteiger partial charge on any atom is 0.317 e. The number of aromatic nitrogens is 2. The van der Waals surface area contributed by atoms with Crippen molar-refractivity contribution < 1.29 is 4.79 Å². The third-order valence-electron chi connectivity index (χ3n) is 4.56. The number of urea groups is 1. The van der Waals surface area contributed by atoms with E-state index in [4.69, 9.17) is 9.97 Å². The lowest BCUT2D eigenvalue weighted by Crippen LogP contribution is -2.52. The summed E-state index contributed by atoms with van der Waals surface area (Å²) < 4.78 is 0. The fourth-order valence-electron chi connectivity index (χ4n) is 3.21. The van der Waals surface area contributed by atoms with Gasteiger partial charge < -0.3 is 15.1 Å². The molecule has 1 aliphatic rings. The number of hydrogen-bond acceptors (Lipinski definition) is 5. The number of amides is 2. The van der Waals surface area contributed by atoms with Gasteiger partial charge in [0.15, 0.2) is 5.82 Å². The van der Waals surface area contributed by atoms with E-state index in [2.05, 4.69) is 21.7 Å². The quantitative estimate of drug-likeness (QED) is 0.772. The van der Waals surface area contributed by atoms with Crippen LogP contribution in [0.2, 0.25) is 0 Å². The van der Waals surface area contributed by atoms with Gasteiger partial charge in [-0.05, 0) is 30.5 Å². The van der Waals surface area contributed by atoms with E-state index in [0.29, 0.717) is 19.6 Å². The second kappa shape index (κ2) is 7.29. The van der Waals surface area contributed by atoms with Crippen molar-refractivity contribution in [2.45, 2.75) is 6.92 Å². The van der Waals surface area contributed by atoms with Crippen LogP contribution in [0.1, 0.15) is 6.92 Å². The first kappa shape index (κ1) is 16.8. The van der Waals surface area contributed by atoms with Crippen LogP contribution >= 0.6 is 11.3 Å². The zero-order valence-corrected chi connectivity index (χ0v) is 15.5. The summed E-state index contributed by atoms with van der Waals surface area (Å²) in [6.07, 6.45) is 0. The first-order chi connectivity index (χ1) is 12.8. The molecule has 7 heteroatoms.